The molecular formula is C20H38IN5O4S. The Bertz CT molecular complexity index is 706. The summed E-state index contributed by atoms with van der Waals surface area (Å²) in [7, 11) is 0.0366. The van der Waals surface area contributed by atoms with Gasteiger partial charge in [0.25, 0.3) is 0 Å². The summed E-state index contributed by atoms with van der Waals surface area (Å²) in [6.07, 6.45) is 6.48. The zero-order valence-electron chi connectivity index (χ0n) is 18.7. The van der Waals surface area contributed by atoms with Crippen LogP contribution in [0.2, 0.25) is 0 Å². The predicted octanol–water partition coefficient (Wildman–Crippen LogP) is 1.00. The molecule has 31 heavy (non-hydrogen) atoms. The third-order valence-electron chi connectivity index (χ3n) is 6.24. The zero-order chi connectivity index (χ0) is 21.6. The number of amides is 1. The number of hydrogen-bond donors (Lipinski definition) is 2. The van der Waals surface area contributed by atoms with Gasteiger partial charge in [-0.1, -0.05) is 12.8 Å². The Labute approximate surface area is 203 Å². The highest BCUT2D eigenvalue weighted by atomic mass is 127. The summed E-state index contributed by atoms with van der Waals surface area (Å²) in [5.74, 6) is 0.952. The second-order valence-corrected chi connectivity index (χ2v) is 10.9. The Morgan fingerprint density at radius 2 is 1.90 bits per heavy atom. The maximum Gasteiger partial charge on any atom is 0.243 e. The normalized spacial score (nSPS) is 25.4. The number of nitrogens with zero attached hydrogens (tertiary/aromatic N) is 3. The fourth-order valence-electron chi connectivity index (χ4n) is 4.29. The summed E-state index contributed by atoms with van der Waals surface area (Å²) in [4.78, 5) is 20.1. The first-order valence-corrected chi connectivity index (χ1v) is 12.7. The fourth-order valence-corrected chi connectivity index (χ4v) is 6.03. The lowest BCUT2D eigenvalue weighted by atomic mass is 10.1. The van der Waals surface area contributed by atoms with E-state index in [0.717, 1.165) is 58.3 Å². The van der Waals surface area contributed by atoms with Crippen LogP contribution in [0.1, 0.15) is 44.9 Å². The monoisotopic (exact) mass is 571 g/mol. The first-order valence-electron chi connectivity index (χ1n) is 11.2. The van der Waals surface area contributed by atoms with Gasteiger partial charge in [0.2, 0.25) is 15.9 Å². The highest BCUT2D eigenvalue weighted by Crippen LogP contribution is 2.22. The van der Waals surface area contributed by atoms with Gasteiger partial charge in [-0.2, -0.15) is 0 Å². The maximum atomic E-state index is 13.0. The van der Waals surface area contributed by atoms with Crippen LogP contribution in [0.3, 0.4) is 0 Å². The van der Waals surface area contributed by atoms with E-state index in [0.29, 0.717) is 31.4 Å². The van der Waals surface area contributed by atoms with E-state index < -0.39 is 15.3 Å². The van der Waals surface area contributed by atoms with Crippen molar-refractivity contribution in [2.24, 2.45) is 10.9 Å². The van der Waals surface area contributed by atoms with E-state index in [-0.39, 0.29) is 42.5 Å². The van der Waals surface area contributed by atoms with Crippen molar-refractivity contribution in [3.8, 4) is 0 Å². The van der Waals surface area contributed by atoms with Crippen molar-refractivity contribution in [2.75, 3.05) is 53.5 Å². The molecule has 9 nitrogen and oxygen atoms in total. The van der Waals surface area contributed by atoms with Gasteiger partial charge in [-0.15, -0.1) is 24.0 Å². The molecule has 1 amide bonds. The van der Waals surface area contributed by atoms with Gasteiger partial charge < -0.3 is 19.9 Å². The fraction of sp³-hybridized carbons (Fsp3) is 0.900. The van der Waals surface area contributed by atoms with Crippen LogP contribution in [0.4, 0.5) is 0 Å². The maximum absolute atomic E-state index is 13.0. The first kappa shape index (κ1) is 26.6. The minimum atomic E-state index is -3.38. The van der Waals surface area contributed by atoms with Crippen molar-refractivity contribution in [1.82, 2.24) is 19.8 Å². The van der Waals surface area contributed by atoms with Crippen molar-refractivity contribution < 1.29 is 17.9 Å². The van der Waals surface area contributed by atoms with E-state index in [1.807, 2.05) is 4.90 Å². The number of aliphatic imine (C=N–C) groups is 1. The van der Waals surface area contributed by atoms with Crippen LogP contribution in [0.5, 0.6) is 0 Å². The average molecular weight is 572 g/mol. The summed E-state index contributed by atoms with van der Waals surface area (Å²) in [5.41, 5.74) is 0. The number of likely N-dealkylation sites (N-methyl/N-ethyl adjacent to an activating group) is 1. The van der Waals surface area contributed by atoms with E-state index >= 15 is 0 Å². The Hall–Kier alpha value is -0.660. The number of likely N-dealkylation sites (tertiary alicyclic amines) is 1. The number of carbonyl (C=O) groups is 1. The number of nitrogens with one attached hydrogen (secondary N) is 2. The third kappa shape index (κ3) is 8.01. The number of rotatable bonds is 7. The first-order chi connectivity index (χ1) is 14.3. The van der Waals surface area contributed by atoms with Gasteiger partial charge in [0, 0.05) is 52.3 Å². The summed E-state index contributed by atoms with van der Waals surface area (Å²) in [6, 6.07) is 0.0803. The van der Waals surface area contributed by atoms with Crippen molar-refractivity contribution >= 4 is 45.9 Å². The van der Waals surface area contributed by atoms with E-state index in [1.54, 1.807) is 14.1 Å². The van der Waals surface area contributed by atoms with Crippen molar-refractivity contribution in [3.63, 3.8) is 0 Å². The Morgan fingerprint density at radius 3 is 2.55 bits per heavy atom. The second-order valence-electron chi connectivity index (χ2n) is 8.89. The molecule has 1 saturated carbocycles. The minimum Gasteiger partial charge on any atom is -0.381 e. The van der Waals surface area contributed by atoms with Crippen LogP contribution in [0.15, 0.2) is 4.99 Å². The molecule has 0 aromatic carbocycles. The predicted molar refractivity (Wildman–Crippen MR) is 132 cm³/mol. The van der Waals surface area contributed by atoms with Gasteiger partial charge in [-0.25, -0.2) is 18.1 Å². The zero-order valence-corrected chi connectivity index (χ0v) is 21.9. The van der Waals surface area contributed by atoms with Gasteiger partial charge >= 0.3 is 0 Å². The number of guanidine groups is 1. The van der Waals surface area contributed by atoms with Crippen molar-refractivity contribution in [2.45, 2.75) is 56.2 Å². The molecule has 2 aliphatic heterocycles. The average Bonchev–Trinajstić information content (AvgIpc) is 3.41. The van der Waals surface area contributed by atoms with E-state index in [1.165, 1.54) is 4.90 Å². The quantitative estimate of drug-likeness (QED) is 0.269. The molecule has 0 radical (unpaired) electrons. The lowest BCUT2D eigenvalue weighted by Crippen LogP contribution is -2.53. The van der Waals surface area contributed by atoms with Crippen LogP contribution in [-0.2, 0) is 19.6 Å². The molecule has 0 spiro atoms. The minimum absolute atomic E-state index is 0. The van der Waals surface area contributed by atoms with Crippen LogP contribution >= 0.6 is 24.0 Å². The van der Waals surface area contributed by atoms with E-state index in [2.05, 4.69) is 15.0 Å². The number of ether oxygens (including phenoxy) is 1. The molecule has 3 fully saturated rings. The van der Waals surface area contributed by atoms with Gasteiger partial charge in [0.15, 0.2) is 5.96 Å². The summed E-state index contributed by atoms with van der Waals surface area (Å²) >= 11 is 0. The lowest BCUT2D eigenvalue weighted by molar-refractivity contribution is -0.127. The molecule has 2 unspecified atom stereocenters. The number of halogens is 1. The van der Waals surface area contributed by atoms with Crippen molar-refractivity contribution in [3.05, 3.63) is 0 Å². The van der Waals surface area contributed by atoms with Crippen LogP contribution in [0, 0.1) is 5.92 Å². The van der Waals surface area contributed by atoms with E-state index in [9.17, 15) is 13.2 Å². The lowest BCUT2D eigenvalue weighted by Gasteiger charge is -2.35. The molecule has 2 heterocycles. The Kier molecular flexibility index (Phi) is 10.8. The number of sulfonamides is 1. The Morgan fingerprint density at radius 1 is 1.16 bits per heavy atom. The SMILES string of the molecule is CN(C)C(=O)CN=C(NCC1CCOC1)N1CCCC(S(=O)(=O)NC2CCCC2)C1.I. The topological polar surface area (TPSA) is 103 Å². The highest BCUT2D eigenvalue weighted by Gasteiger charge is 2.34. The standard InChI is InChI=1S/C20H37N5O4S.HI/c1-24(2)19(26)13-22-20(21-12-16-9-11-29-15-16)25-10-5-8-18(14-25)30(27,28)23-17-6-3-4-7-17;/h16-18,23H,3-15H2,1-2H3,(H,21,22);1H. The largest absolute Gasteiger partial charge is 0.381 e. The molecule has 1 aliphatic carbocycles. The van der Waals surface area contributed by atoms with Crippen LogP contribution in [0.25, 0.3) is 0 Å². The van der Waals surface area contributed by atoms with Gasteiger partial charge in [0.05, 0.1) is 11.9 Å². The smallest absolute Gasteiger partial charge is 0.243 e. The molecule has 0 aromatic rings. The molecule has 2 saturated heterocycles. The molecular weight excluding hydrogens is 533 g/mol. The number of hydrogen-bond acceptors (Lipinski definition) is 5. The second kappa shape index (κ2) is 12.5. The van der Waals surface area contributed by atoms with Crippen LogP contribution in [-0.4, -0.2) is 94.9 Å². The van der Waals surface area contributed by atoms with Gasteiger partial charge in [0.1, 0.15) is 6.54 Å². The third-order valence-corrected chi connectivity index (χ3v) is 8.16. The molecule has 2 N–H and O–H groups in total. The summed E-state index contributed by atoms with van der Waals surface area (Å²) in [6.45, 7) is 3.38. The van der Waals surface area contributed by atoms with Crippen LogP contribution < -0.4 is 10.0 Å². The Balaban J connectivity index is 0.00000341. The van der Waals surface area contributed by atoms with Gasteiger partial charge in [-0.05, 0) is 32.1 Å². The summed E-state index contributed by atoms with van der Waals surface area (Å²) < 4.78 is 34.3. The number of carbonyl (C=O) groups excluding carboxylic acids is 1. The molecule has 3 aliphatic rings. The molecule has 2 atom stereocenters. The molecule has 11 heteroatoms. The number of piperidine rings is 1. The highest BCUT2D eigenvalue weighted by molar-refractivity contribution is 14.0. The molecule has 0 aromatic heterocycles. The van der Waals surface area contributed by atoms with Gasteiger partial charge in [-0.3, -0.25) is 4.79 Å². The van der Waals surface area contributed by atoms with Crippen molar-refractivity contribution in [1.29, 1.82) is 0 Å². The molecule has 0 bridgehead atoms. The summed E-state index contributed by atoms with van der Waals surface area (Å²) in [5, 5.41) is 2.92. The molecule has 3 rings (SSSR count). The van der Waals surface area contributed by atoms with E-state index in [4.69, 9.17) is 4.74 Å². The molecule has 180 valence electrons.